The third-order valence-electron chi connectivity index (χ3n) is 2.14. The zero-order valence-electron chi connectivity index (χ0n) is 6.81. The van der Waals surface area contributed by atoms with Gasteiger partial charge in [-0.15, -0.1) is 6.58 Å². The maximum atomic E-state index is 11.3. The van der Waals surface area contributed by atoms with Crippen molar-refractivity contribution in [3.05, 3.63) is 12.7 Å². The molecule has 0 unspecified atom stereocenters. The molecule has 2 nitrogen and oxygen atoms in total. The summed E-state index contributed by atoms with van der Waals surface area (Å²) < 4.78 is 0. The van der Waals surface area contributed by atoms with Crippen LogP contribution in [-0.2, 0) is 4.79 Å². The van der Waals surface area contributed by atoms with E-state index in [-0.39, 0.29) is 0 Å². The lowest BCUT2D eigenvalue weighted by atomic mass is 9.92. The first-order valence-electron chi connectivity index (χ1n) is 4.19. The SMILES string of the molecule is C=CCC(=O)C1CCNCC1. The van der Waals surface area contributed by atoms with Crippen LogP contribution in [0.5, 0.6) is 0 Å². The molecule has 11 heavy (non-hydrogen) atoms. The summed E-state index contributed by atoms with van der Waals surface area (Å²) in [6.07, 6.45) is 4.26. The maximum absolute atomic E-state index is 11.3. The Morgan fingerprint density at radius 1 is 1.55 bits per heavy atom. The molecular formula is C9H15NO. The maximum Gasteiger partial charge on any atom is 0.139 e. The van der Waals surface area contributed by atoms with Crippen LogP contribution in [0.2, 0.25) is 0 Å². The number of hydrogen-bond acceptors (Lipinski definition) is 2. The first kappa shape index (κ1) is 8.47. The van der Waals surface area contributed by atoms with Gasteiger partial charge in [-0.3, -0.25) is 4.79 Å². The van der Waals surface area contributed by atoms with Crippen molar-refractivity contribution in [3.8, 4) is 0 Å². The van der Waals surface area contributed by atoms with Crippen LogP contribution < -0.4 is 5.32 Å². The van der Waals surface area contributed by atoms with Crippen LogP contribution in [0.1, 0.15) is 19.3 Å². The summed E-state index contributed by atoms with van der Waals surface area (Å²) >= 11 is 0. The smallest absolute Gasteiger partial charge is 0.139 e. The molecule has 0 aliphatic carbocycles. The van der Waals surface area contributed by atoms with Crippen LogP contribution in [-0.4, -0.2) is 18.9 Å². The number of piperidine rings is 1. The molecule has 0 amide bonds. The highest BCUT2D eigenvalue weighted by molar-refractivity contribution is 5.82. The molecule has 1 aliphatic heterocycles. The summed E-state index contributed by atoms with van der Waals surface area (Å²) in [6, 6.07) is 0. The van der Waals surface area contributed by atoms with Crippen LogP contribution in [0.15, 0.2) is 12.7 Å². The number of allylic oxidation sites excluding steroid dienone is 1. The quantitative estimate of drug-likeness (QED) is 0.616. The van der Waals surface area contributed by atoms with E-state index in [1.54, 1.807) is 6.08 Å². The van der Waals surface area contributed by atoms with Crippen molar-refractivity contribution in [2.75, 3.05) is 13.1 Å². The van der Waals surface area contributed by atoms with Crippen LogP contribution in [0, 0.1) is 5.92 Å². The molecule has 1 aliphatic rings. The molecule has 0 saturated carbocycles. The van der Waals surface area contributed by atoms with E-state index in [1.165, 1.54) is 0 Å². The largest absolute Gasteiger partial charge is 0.317 e. The second kappa shape index (κ2) is 4.29. The molecule has 0 bridgehead atoms. The number of nitrogens with one attached hydrogen (secondary N) is 1. The standard InChI is InChI=1S/C9H15NO/c1-2-3-9(11)8-4-6-10-7-5-8/h2,8,10H,1,3-7H2. The molecule has 1 saturated heterocycles. The molecule has 0 radical (unpaired) electrons. The monoisotopic (exact) mass is 153 g/mol. The molecule has 0 atom stereocenters. The summed E-state index contributed by atoms with van der Waals surface area (Å²) in [6.45, 7) is 5.55. The van der Waals surface area contributed by atoms with Gasteiger partial charge in [0.25, 0.3) is 0 Å². The Kier molecular flexibility index (Phi) is 3.30. The van der Waals surface area contributed by atoms with Crippen molar-refractivity contribution < 1.29 is 4.79 Å². The van der Waals surface area contributed by atoms with E-state index in [9.17, 15) is 4.79 Å². The number of rotatable bonds is 3. The second-order valence-corrected chi connectivity index (χ2v) is 2.98. The molecule has 1 rings (SSSR count). The molecule has 62 valence electrons. The van der Waals surface area contributed by atoms with Gasteiger partial charge < -0.3 is 5.32 Å². The predicted octanol–water partition coefficient (Wildman–Crippen LogP) is 1.13. The Balaban J connectivity index is 2.32. The fourth-order valence-electron chi connectivity index (χ4n) is 1.45. The number of carbonyl (C=O) groups excluding carboxylic acids is 1. The average molecular weight is 153 g/mol. The van der Waals surface area contributed by atoms with Crippen molar-refractivity contribution in [3.63, 3.8) is 0 Å². The molecule has 1 heterocycles. The third-order valence-corrected chi connectivity index (χ3v) is 2.14. The minimum absolute atomic E-state index is 0.300. The minimum Gasteiger partial charge on any atom is -0.317 e. The van der Waals surface area contributed by atoms with Crippen molar-refractivity contribution in [1.29, 1.82) is 0 Å². The van der Waals surface area contributed by atoms with E-state index in [2.05, 4.69) is 11.9 Å². The van der Waals surface area contributed by atoms with Crippen molar-refractivity contribution >= 4 is 5.78 Å². The van der Waals surface area contributed by atoms with Crippen molar-refractivity contribution in [2.45, 2.75) is 19.3 Å². The first-order chi connectivity index (χ1) is 5.34. The molecule has 0 aromatic heterocycles. The predicted molar refractivity (Wildman–Crippen MR) is 45.4 cm³/mol. The lowest BCUT2D eigenvalue weighted by Crippen LogP contribution is -2.31. The van der Waals surface area contributed by atoms with Crippen LogP contribution >= 0.6 is 0 Å². The normalized spacial score (nSPS) is 19.6. The van der Waals surface area contributed by atoms with Gasteiger partial charge in [-0.05, 0) is 25.9 Å². The molecule has 0 aromatic rings. The summed E-state index contributed by atoms with van der Waals surface area (Å²) in [5.74, 6) is 0.663. The van der Waals surface area contributed by atoms with Crippen LogP contribution in [0.4, 0.5) is 0 Å². The molecule has 0 aromatic carbocycles. The summed E-state index contributed by atoms with van der Waals surface area (Å²) in [4.78, 5) is 11.3. The van der Waals surface area contributed by atoms with Gasteiger partial charge in [-0.1, -0.05) is 6.08 Å². The Morgan fingerprint density at radius 3 is 2.73 bits per heavy atom. The van der Waals surface area contributed by atoms with E-state index in [0.29, 0.717) is 18.1 Å². The lowest BCUT2D eigenvalue weighted by molar-refractivity contribution is -0.122. The highest BCUT2D eigenvalue weighted by Gasteiger charge is 2.18. The topological polar surface area (TPSA) is 29.1 Å². The number of ketones is 1. The van der Waals surface area contributed by atoms with Gasteiger partial charge in [-0.2, -0.15) is 0 Å². The van der Waals surface area contributed by atoms with Gasteiger partial charge in [0, 0.05) is 12.3 Å². The van der Waals surface area contributed by atoms with Crippen LogP contribution in [0.3, 0.4) is 0 Å². The van der Waals surface area contributed by atoms with Gasteiger partial charge in [0.15, 0.2) is 0 Å². The van der Waals surface area contributed by atoms with Gasteiger partial charge >= 0.3 is 0 Å². The molecule has 1 N–H and O–H groups in total. The van der Waals surface area contributed by atoms with Gasteiger partial charge in [0.1, 0.15) is 5.78 Å². The van der Waals surface area contributed by atoms with Gasteiger partial charge in [0.2, 0.25) is 0 Å². The highest BCUT2D eigenvalue weighted by Crippen LogP contribution is 2.14. The Hall–Kier alpha value is -0.630. The zero-order chi connectivity index (χ0) is 8.10. The third kappa shape index (κ3) is 2.46. The summed E-state index contributed by atoms with van der Waals surface area (Å²) in [5, 5.41) is 3.23. The first-order valence-corrected chi connectivity index (χ1v) is 4.19. The second-order valence-electron chi connectivity index (χ2n) is 2.98. The van der Waals surface area contributed by atoms with E-state index in [1.807, 2.05) is 0 Å². The van der Waals surface area contributed by atoms with Crippen LogP contribution in [0.25, 0.3) is 0 Å². The van der Waals surface area contributed by atoms with Gasteiger partial charge in [0.05, 0.1) is 0 Å². The minimum atomic E-state index is 0.300. The lowest BCUT2D eigenvalue weighted by Gasteiger charge is -2.20. The van der Waals surface area contributed by atoms with E-state index < -0.39 is 0 Å². The molecule has 1 fully saturated rings. The van der Waals surface area contributed by atoms with E-state index >= 15 is 0 Å². The Bertz CT molecular complexity index is 148. The van der Waals surface area contributed by atoms with Gasteiger partial charge in [-0.25, -0.2) is 0 Å². The Morgan fingerprint density at radius 2 is 2.18 bits per heavy atom. The number of Topliss-reactive ketones (excluding diaryl/α,β-unsaturated/α-hetero) is 1. The summed E-state index contributed by atoms with van der Waals surface area (Å²) in [7, 11) is 0. The number of hydrogen-bond donors (Lipinski definition) is 1. The fourth-order valence-corrected chi connectivity index (χ4v) is 1.45. The van der Waals surface area contributed by atoms with Crippen molar-refractivity contribution in [1.82, 2.24) is 5.32 Å². The average Bonchev–Trinajstić information content (AvgIpc) is 2.07. The number of carbonyl (C=O) groups is 1. The van der Waals surface area contributed by atoms with E-state index in [0.717, 1.165) is 25.9 Å². The van der Waals surface area contributed by atoms with Crippen molar-refractivity contribution in [2.24, 2.45) is 5.92 Å². The zero-order valence-corrected chi connectivity index (χ0v) is 6.81. The summed E-state index contributed by atoms with van der Waals surface area (Å²) in [5.41, 5.74) is 0. The molecule has 2 heteroatoms. The highest BCUT2D eigenvalue weighted by atomic mass is 16.1. The van der Waals surface area contributed by atoms with E-state index in [4.69, 9.17) is 0 Å². The Labute approximate surface area is 67.7 Å². The molecular weight excluding hydrogens is 138 g/mol. The molecule has 0 spiro atoms. The fraction of sp³-hybridized carbons (Fsp3) is 0.667.